The lowest BCUT2D eigenvalue weighted by molar-refractivity contribution is -0.114. The maximum atomic E-state index is 13.4. The number of hydrogen-bond donors (Lipinski definition) is 4. The first-order valence-electron chi connectivity index (χ1n) is 12.6. The molecule has 1 aromatic heterocycles. The molecule has 0 saturated heterocycles. The Morgan fingerprint density at radius 1 is 0.750 bits per heavy atom. The second-order valence-corrected chi connectivity index (χ2v) is 9.90. The first-order valence-corrected chi connectivity index (χ1v) is 13.6. The van der Waals surface area contributed by atoms with Crippen LogP contribution in [0.5, 0.6) is 0 Å². The van der Waals surface area contributed by atoms with Crippen molar-refractivity contribution in [3.63, 3.8) is 0 Å². The molecule has 3 amide bonds. The van der Waals surface area contributed by atoms with Crippen LogP contribution in [0.15, 0.2) is 126 Å². The van der Waals surface area contributed by atoms with E-state index in [4.69, 9.17) is 0 Å². The summed E-state index contributed by atoms with van der Waals surface area (Å²) in [5.41, 5.74) is 3.50. The first-order chi connectivity index (χ1) is 19.5. The monoisotopic (exact) mass is 546 g/mol. The van der Waals surface area contributed by atoms with Crippen LogP contribution in [-0.2, 0) is 9.59 Å². The van der Waals surface area contributed by atoms with Crippen LogP contribution in [-0.4, -0.2) is 28.5 Å². The van der Waals surface area contributed by atoms with E-state index in [1.807, 2.05) is 66.7 Å². The van der Waals surface area contributed by atoms with Gasteiger partial charge in [0.1, 0.15) is 5.70 Å². The van der Waals surface area contributed by atoms with E-state index in [0.717, 1.165) is 27.0 Å². The summed E-state index contributed by atoms with van der Waals surface area (Å²) in [4.78, 5) is 42.8. The zero-order valence-corrected chi connectivity index (χ0v) is 22.2. The van der Waals surface area contributed by atoms with Crippen molar-refractivity contribution in [1.29, 1.82) is 0 Å². The third-order valence-electron chi connectivity index (χ3n) is 5.97. The molecular weight excluding hydrogens is 520 g/mol. The first kappa shape index (κ1) is 26.5. The molecule has 1 heterocycles. The van der Waals surface area contributed by atoms with E-state index in [1.54, 1.807) is 54.7 Å². The quantitative estimate of drug-likeness (QED) is 0.129. The van der Waals surface area contributed by atoms with Crippen LogP contribution in [0.25, 0.3) is 17.0 Å². The van der Waals surface area contributed by atoms with Gasteiger partial charge in [0.25, 0.3) is 11.8 Å². The average Bonchev–Trinajstić information content (AvgIpc) is 3.39. The van der Waals surface area contributed by atoms with E-state index in [-0.39, 0.29) is 17.4 Å². The number of benzene rings is 4. The fraction of sp³-hybridized carbons (Fsp3) is 0.0312. The van der Waals surface area contributed by atoms with Gasteiger partial charge in [0.2, 0.25) is 5.91 Å². The van der Waals surface area contributed by atoms with Crippen molar-refractivity contribution in [3.05, 3.63) is 132 Å². The molecule has 0 radical (unpaired) electrons. The fourth-order valence-electron chi connectivity index (χ4n) is 4.04. The molecule has 0 bridgehead atoms. The Morgan fingerprint density at radius 2 is 1.45 bits per heavy atom. The second-order valence-electron chi connectivity index (χ2n) is 8.85. The number of fused-ring (bicyclic) bond motifs is 1. The van der Waals surface area contributed by atoms with Gasteiger partial charge in [-0.15, -0.1) is 11.8 Å². The summed E-state index contributed by atoms with van der Waals surface area (Å²) in [6.45, 7) is 0. The highest BCUT2D eigenvalue weighted by Gasteiger charge is 2.16. The van der Waals surface area contributed by atoms with Crippen LogP contribution in [0.3, 0.4) is 0 Å². The maximum Gasteiger partial charge on any atom is 0.272 e. The Bertz CT molecular complexity index is 1680. The molecule has 0 aliphatic rings. The summed E-state index contributed by atoms with van der Waals surface area (Å²) < 4.78 is 0. The smallest absolute Gasteiger partial charge is 0.272 e. The topological polar surface area (TPSA) is 103 Å². The maximum absolute atomic E-state index is 13.4. The number of amides is 3. The molecule has 40 heavy (non-hydrogen) atoms. The summed E-state index contributed by atoms with van der Waals surface area (Å²) in [5.74, 6) is -0.780. The Labute approximate surface area is 235 Å². The zero-order chi connectivity index (χ0) is 27.7. The fourth-order valence-corrected chi connectivity index (χ4v) is 4.80. The van der Waals surface area contributed by atoms with Crippen LogP contribution >= 0.6 is 11.8 Å². The van der Waals surface area contributed by atoms with Crippen molar-refractivity contribution >= 4 is 57.8 Å². The molecular formula is C32H26N4O3S. The number of anilines is 2. The highest BCUT2D eigenvalue weighted by molar-refractivity contribution is 8.00. The van der Waals surface area contributed by atoms with Crippen molar-refractivity contribution in [3.8, 4) is 0 Å². The molecule has 0 aliphatic heterocycles. The van der Waals surface area contributed by atoms with Gasteiger partial charge in [0.05, 0.1) is 5.75 Å². The van der Waals surface area contributed by atoms with Gasteiger partial charge in [-0.25, -0.2) is 0 Å². The lowest BCUT2D eigenvalue weighted by atomic mass is 10.1. The van der Waals surface area contributed by atoms with Crippen LogP contribution in [0.2, 0.25) is 0 Å². The largest absolute Gasteiger partial charge is 0.361 e. The normalized spacial score (nSPS) is 11.2. The molecule has 7 nitrogen and oxygen atoms in total. The summed E-state index contributed by atoms with van der Waals surface area (Å²) in [5, 5.41) is 9.44. The number of hydrogen-bond acceptors (Lipinski definition) is 4. The van der Waals surface area contributed by atoms with Crippen molar-refractivity contribution in [2.24, 2.45) is 0 Å². The van der Waals surface area contributed by atoms with Crippen molar-refractivity contribution in [1.82, 2.24) is 10.3 Å². The molecule has 5 rings (SSSR count). The standard InChI is InChI=1S/C32H26N4O3S/c37-30(34-24-12-5-2-6-13-24)21-40-26-15-9-14-25(19-26)35-32(39)29(36-31(38)22-10-3-1-4-11-22)18-23-20-33-28-17-8-7-16-27(23)28/h1-20,33H,21H2,(H,34,37)(H,35,39)(H,36,38)/b29-18-. The molecule has 0 saturated carbocycles. The third-order valence-corrected chi connectivity index (χ3v) is 6.96. The third kappa shape index (κ3) is 6.86. The molecule has 8 heteroatoms. The Hall–Kier alpha value is -5.08. The minimum atomic E-state index is -0.474. The van der Waals surface area contributed by atoms with E-state index in [2.05, 4.69) is 20.9 Å². The Balaban J connectivity index is 1.32. The van der Waals surface area contributed by atoms with Gasteiger partial charge in [0.15, 0.2) is 0 Å². The highest BCUT2D eigenvalue weighted by atomic mass is 32.2. The lowest BCUT2D eigenvalue weighted by Gasteiger charge is -2.12. The average molecular weight is 547 g/mol. The van der Waals surface area contributed by atoms with Crippen molar-refractivity contribution < 1.29 is 14.4 Å². The summed E-state index contributed by atoms with van der Waals surface area (Å²) >= 11 is 1.36. The van der Waals surface area contributed by atoms with Gasteiger partial charge >= 0.3 is 0 Å². The lowest BCUT2D eigenvalue weighted by Crippen LogP contribution is -2.30. The second kappa shape index (κ2) is 12.6. The van der Waals surface area contributed by atoms with E-state index >= 15 is 0 Å². The van der Waals surface area contributed by atoms with Gasteiger partial charge in [0, 0.05) is 44.5 Å². The number of H-pyrrole nitrogens is 1. The van der Waals surface area contributed by atoms with E-state index in [9.17, 15) is 14.4 Å². The van der Waals surface area contributed by atoms with Gasteiger partial charge in [-0.3, -0.25) is 14.4 Å². The van der Waals surface area contributed by atoms with Gasteiger partial charge in [-0.1, -0.05) is 60.7 Å². The molecule has 5 aromatic rings. The highest BCUT2D eigenvalue weighted by Crippen LogP contribution is 2.24. The van der Waals surface area contributed by atoms with Gasteiger partial charge < -0.3 is 20.9 Å². The number of carbonyl (C=O) groups excluding carboxylic acids is 3. The number of rotatable bonds is 9. The van der Waals surface area contributed by atoms with Crippen LogP contribution in [0, 0.1) is 0 Å². The number of aromatic amines is 1. The summed E-state index contributed by atoms with van der Waals surface area (Å²) in [6.07, 6.45) is 3.45. The number of thioether (sulfide) groups is 1. The number of para-hydroxylation sites is 2. The zero-order valence-electron chi connectivity index (χ0n) is 21.4. The summed E-state index contributed by atoms with van der Waals surface area (Å²) in [6, 6.07) is 32.9. The van der Waals surface area contributed by atoms with E-state index < -0.39 is 11.8 Å². The molecule has 0 aliphatic carbocycles. The minimum Gasteiger partial charge on any atom is -0.361 e. The van der Waals surface area contributed by atoms with Crippen LogP contribution < -0.4 is 16.0 Å². The van der Waals surface area contributed by atoms with Gasteiger partial charge in [-0.2, -0.15) is 0 Å². The van der Waals surface area contributed by atoms with Crippen molar-refractivity contribution in [2.45, 2.75) is 4.90 Å². The molecule has 4 N–H and O–H groups in total. The molecule has 0 atom stereocenters. The van der Waals surface area contributed by atoms with Crippen molar-refractivity contribution in [2.75, 3.05) is 16.4 Å². The van der Waals surface area contributed by atoms with E-state index in [1.165, 1.54) is 11.8 Å². The van der Waals surface area contributed by atoms with E-state index in [0.29, 0.717) is 11.3 Å². The predicted molar refractivity (Wildman–Crippen MR) is 161 cm³/mol. The number of carbonyl (C=O) groups is 3. The Morgan fingerprint density at radius 3 is 2.25 bits per heavy atom. The SMILES string of the molecule is O=C(CSc1cccc(NC(=O)/C(=C/c2c[nH]c3ccccc23)NC(=O)c2ccccc2)c1)Nc1ccccc1. The molecule has 0 fully saturated rings. The van der Waals surface area contributed by atoms with Crippen LogP contribution in [0.4, 0.5) is 11.4 Å². The van der Waals surface area contributed by atoms with Crippen LogP contribution in [0.1, 0.15) is 15.9 Å². The molecule has 198 valence electrons. The Kier molecular flexibility index (Phi) is 8.38. The summed E-state index contributed by atoms with van der Waals surface area (Å²) in [7, 11) is 0. The predicted octanol–water partition coefficient (Wildman–Crippen LogP) is 6.31. The van der Waals surface area contributed by atoms with Gasteiger partial charge in [-0.05, 0) is 54.6 Å². The molecule has 0 unspecified atom stereocenters. The molecule has 4 aromatic carbocycles. The minimum absolute atomic E-state index is 0.0962. The number of aromatic nitrogens is 1. The molecule has 0 spiro atoms. The number of nitrogens with one attached hydrogen (secondary N) is 4.